The van der Waals surface area contributed by atoms with Crippen molar-refractivity contribution in [2.24, 2.45) is 0 Å². The number of aromatic amines is 1. The first-order valence-electron chi connectivity index (χ1n) is 7.69. The van der Waals surface area contributed by atoms with Crippen LogP contribution in [-0.4, -0.2) is 42.7 Å². The van der Waals surface area contributed by atoms with Gasteiger partial charge in [-0.2, -0.15) is 9.40 Å². The zero-order chi connectivity index (χ0) is 17.5. The van der Waals surface area contributed by atoms with Gasteiger partial charge in [0.2, 0.25) is 10.0 Å². The molecule has 0 saturated carbocycles. The quantitative estimate of drug-likeness (QED) is 0.838. The van der Waals surface area contributed by atoms with Crippen molar-refractivity contribution in [3.8, 4) is 0 Å². The molecule has 1 saturated heterocycles. The summed E-state index contributed by atoms with van der Waals surface area (Å²) in [6.45, 7) is 6.73. The predicted molar refractivity (Wildman–Crippen MR) is 94.4 cm³/mol. The fourth-order valence-electron chi connectivity index (χ4n) is 3.10. The molecule has 8 heteroatoms. The Balaban J connectivity index is 2.07. The van der Waals surface area contributed by atoms with Crippen molar-refractivity contribution in [3.05, 3.63) is 45.2 Å². The number of halogens is 1. The van der Waals surface area contributed by atoms with Gasteiger partial charge in [0.1, 0.15) is 0 Å². The molecule has 0 radical (unpaired) electrons. The number of hydrogen-bond donors (Lipinski definition) is 1. The number of H-pyrrole nitrogens is 1. The predicted octanol–water partition coefficient (Wildman–Crippen LogP) is 2.86. The number of rotatable bonds is 3. The number of sulfonamides is 1. The third-order valence-electron chi connectivity index (χ3n) is 4.27. The van der Waals surface area contributed by atoms with E-state index >= 15 is 0 Å². The Hall–Kier alpha value is -1.22. The molecular weight excluding hydrogens is 394 g/mol. The van der Waals surface area contributed by atoms with Crippen LogP contribution in [0.5, 0.6) is 0 Å². The number of morpholine rings is 1. The third kappa shape index (κ3) is 3.03. The van der Waals surface area contributed by atoms with Crippen molar-refractivity contribution in [2.45, 2.75) is 31.7 Å². The van der Waals surface area contributed by atoms with E-state index in [1.165, 1.54) is 4.31 Å². The molecule has 130 valence electrons. The van der Waals surface area contributed by atoms with Crippen LogP contribution >= 0.6 is 15.9 Å². The van der Waals surface area contributed by atoms with Crippen LogP contribution in [0.15, 0.2) is 27.6 Å². The molecule has 1 aliphatic heterocycles. The molecule has 2 heterocycles. The van der Waals surface area contributed by atoms with E-state index in [1.807, 2.05) is 26.8 Å². The second kappa shape index (κ2) is 6.59. The first-order valence-corrected chi connectivity index (χ1v) is 9.93. The van der Waals surface area contributed by atoms with Gasteiger partial charge in [0.15, 0.2) is 0 Å². The van der Waals surface area contributed by atoms with E-state index < -0.39 is 10.0 Å². The average molecular weight is 414 g/mol. The highest BCUT2D eigenvalue weighted by Gasteiger charge is 2.38. The van der Waals surface area contributed by atoms with Gasteiger partial charge in [-0.15, -0.1) is 0 Å². The molecule has 0 unspecified atom stereocenters. The van der Waals surface area contributed by atoms with E-state index in [9.17, 15) is 8.42 Å². The Labute approximate surface area is 150 Å². The molecule has 1 fully saturated rings. The molecule has 1 aromatic carbocycles. The monoisotopic (exact) mass is 413 g/mol. The molecule has 24 heavy (non-hydrogen) atoms. The lowest BCUT2D eigenvalue weighted by atomic mass is 10.1. The Morgan fingerprint density at radius 2 is 2.08 bits per heavy atom. The second-order valence-electron chi connectivity index (χ2n) is 5.99. The Morgan fingerprint density at radius 3 is 2.71 bits per heavy atom. The Bertz CT molecular complexity index is 844. The summed E-state index contributed by atoms with van der Waals surface area (Å²) in [6.07, 6.45) is 0. The van der Waals surface area contributed by atoms with Crippen LogP contribution in [0.25, 0.3) is 0 Å². The lowest BCUT2D eigenvalue weighted by Gasteiger charge is -2.35. The topological polar surface area (TPSA) is 75.3 Å². The SMILES string of the molecule is Cc1ccc(S(=O)(=O)N2CCOC[C@@H]2c2c(C)n[nH]c2C)c(Br)c1. The van der Waals surface area contributed by atoms with Crippen molar-refractivity contribution < 1.29 is 13.2 Å². The van der Waals surface area contributed by atoms with Crippen LogP contribution in [0.4, 0.5) is 0 Å². The lowest BCUT2D eigenvalue weighted by molar-refractivity contribution is 0.0316. The van der Waals surface area contributed by atoms with Gasteiger partial charge in [0.05, 0.1) is 29.8 Å². The van der Waals surface area contributed by atoms with Crippen molar-refractivity contribution in [1.29, 1.82) is 0 Å². The minimum absolute atomic E-state index is 0.277. The maximum atomic E-state index is 13.3. The summed E-state index contributed by atoms with van der Waals surface area (Å²) in [6, 6.07) is 4.89. The van der Waals surface area contributed by atoms with Gasteiger partial charge in [-0.25, -0.2) is 8.42 Å². The Morgan fingerprint density at radius 1 is 1.33 bits per heavy atom. The molecule has 0 bridgehead atoms. The van der Waals surface area contributed by atoms with E-state index in [4.69, 9.17) is 4.74 Å². The van der Waals surface area contributed by atoms with Gasteiger partial charge >= 0.3 is 0 Å². The lowest BCUT2D eigenvalue weighted by Crippen LogP contribution is -2.43. The highest BCUT2D eigenvalue weighted by atomic mass is 79.9. The number of ether oxygens (including phenoxy) is 1. The smallest absolute Gasteiger partial charge is 0.244 e. The molecule has 2 aromatic rings. The van der Waals surface area contributed by atoms with Crippen LogP contribution < -0.4 is 0 Å². The fraction of sp³-hybridized carbons (Fsp3) is 0.438. The van der Waals surface area contributed by atoms with Crippen LogP contribution in [-0.2, 0) is 14.8 Å². The van der Waals surface area contributed by atoms with Crippen LogP contribution in [0.2, 0.25) is 0 Å². The second-order valence-corrected chi connectivity index (χ2v) is 8.70. The van der Waals surface area contributed by atoms with Gasteiger partial charge in [-0.3, -0.25) is 5.10 Å². The first-order chi connectivity index (χ1) is 11.3. The van der Waals surface area contributed by atoms with E-state index in [2.05, 4.69) is 26.1 Å². The summed E-state index contributed by atoms with van der Waals surface area (Å²) >= 11 is 3.39. The van der Waals surface area contributed by atoms with E-state index in [0.29, 0.717) is 24.2 Å². The number of nitrogens with one attached hydrogen (secondary N) is 1. The van der Waals surface area contributed by atoms with Gasteiger partial charge in [0, 0.05) is 22.3 Å². The Kier molecular flexibility index (Phi) is 4.83. The van der Waals surface area contributed by atoms with E-state index in [0.717, 1.165) is 22.5 Å². The summed E-state index contributed by atoms with van der Waals surface area (Å²) in [5.41, 5.74) is 3.56. The van der Waals surface area contributed by atoms with Crippen molar-refractivity contribution in [1.82, 2.24) is 14.5 Å². The average Bonchev–Trinajstić information content (AvgIpc) is 2.86. The summed E-state index contributed by atoms with van der Waals surface area (Å²) in [7, 11) is -3.65. The molecule has 1 aromatic heterocycles. The van der Waals surface area contributed by atoms with E-state index in [-0.39, 0.29) is 10.9 Å². The molecule has 0 aliphatic carbocycles. The minimum atomic E-state index is -3.65. The zero-order valence-electron chi connectivity index (χ0n) is 13.8. The number of benzene rings is 1. The summed E-state index contributed by atoms with van der Waals surface area (Å²) in [4.78, 5) is 0.277. The number of hydrogen-bond acceptors (Lipinski definition) is 4. The van der Waals surface area contributed by atoms with Crippen LogP contribution in [0, 0.1) is 20.8 Å². The van der Waals surface area contributed by atoms with Gasteiger partial charge in [-0.1, -0.05) is 6.07 Å². The number of aryl methyl sites for hydroxylation is 3. The highest BCUT2D eigenvalue weighted by Crippen LogP contribution is 2.35. The first kappa shape index (κ1) is 17.6. The maximum absolute atomic E-state index is 13.3. The fourth-order valence-corrected chi connectivity index (χ4v) is 5.82. The molecule has 3 rings (SSSR count). The molecule has 0 amide bonds. The maximum Gasteiger partial charge on any atom is 0.244 e. The third-order valence-corrected chi connectivity index (χ3v) is 7.16. The van der Waals surface area contributed by atoms with Crippen LogP contribution in [0.3, 0.4) is 0 Å². The summed E-state index contributed by atoms with van der Waals surface area (Å²) in [5.74, 6) is 0. The van der Waals surface area contributed by atoms with Gasteiger partial charge in [0.25, 0.3) is 0 Å². The molecule has 1 N–H and O–H groups in total. The summed E-state index contributed by atoms with van der Waals surface area (Å²) in [5, 5.41) is 7.13. The van der Waals surface area contributed by atoms with Crippen molar-refractivity contribution in [3.63, 3.8) is 0 Å². The molecule has 1 atom stereocenters. The van der Waals surface area contributed by atoms with Gasteiger partial charge in [-0.05, 0) is 54.4 Å². The number of aromatic nitrogens is 2. The standard InChI is InChI=1S/C16H20BrN3O3S/c1-10-4-5-15(13(17)8-10)24(21,22)20-6-7-23-9-14(20)16-11(2)18-19-12(16)3/h4-5,8,14H,6-7,9H2,1-3H3,(H,18,19)/t14-/m1/s1. The minimum Gasteiger partial charge on any atom is -0.378 e. The zero-order valence-corrected chi connectivity index (χ0v) is 16.2. The molecular formula is C16H20BrN3O3S. The normalized spacial score (nSPS) is 19.6. The van der Waals surface area contributed by atoms with Crippen molar-refractivity contribution in [2.75, 3.05) is 19.8 Å². The van der Waals surface area contributed by atoms with Crippen LogP contribution in [0.1, 0.15) is 28.6 Å². The van der Waals surface area contributed by atoms with Crippen molar-refractivity contribution >= 4 is 26.0 Å². The molecule has 1 aliphatic rings. The molecule has 0 spiro atoms. The highest BCUT2D eigenvalue weighted by molar-refractivity contribution is 9.10. The van der Waals surface area contributed by atoms with E-state index in [1.54, 1.807) is 12.1 Å². The largest absolute Gasteiger partial charge is 0.378 e. The molecule has 6 nitrogen and oxygen atoms in total. The van der Waals surface area contributed by atoms with Gasteiger partial charge < -0.3 is 4.74 Å². The summed E-state index contributed by atoms with van der Waals surface area (Å²) < 4.78 is 34.2. The number of nitrogens with zero attached hydrogens (tertiary/aromatic N) is 2.